The average Bonchev–Trinajstić information content (AvgIpc) is 3.73. The fourth-order valence-corrected chi connectivity index (χ4v) is 9.19. The first kappa shape index (κ1) is 40.8. The van der Waals surface area contributed by atoms with Gasteiger partial charge in [-0.25, -0.2) is 8.78 Å². The van der Waals surface area contributed by atoms with Crippen molar-refractivity contribution < 1.29 is 18.4 Å². The van der Waals surface area contributed by atoms with Gasteiger partial charge in [0.2, 0.25) is 11.8 Å². The quantitative estimate of drug-likeness (QED) is 0.192. The lowest BCUT2D eigenvalue weighted by molar-refractivity contribution is -0.126. The lowest BCUT2D eigenvalue weighted by Crippen LogP contribution is -2.46. The van der Waals surface area contributed by atoms with Crippen molar-refractivity contribution in [2.24, 2.45) is 11.8 Å². The van der Waals surface area contributed by atoms with Crippen LogP contribution in [-0.2, 0) is 9.59 Å². The van der Waals surface area contributed by atoms with Gasteiger partial charge < -0.3 is 30.7 Å². The fraction of sp³-hybridized carbons (Fsp3) is 0.556. The van der Waals surface area contributed by atoms with E-state index in [1.165, 1.54) is 0 Å². The minimum Gasteiger partial charge on any atom is -0.369 e. The van der Waals surface area contributed by atoms with E-state index >= 15 is 4.39 Å². The summed E-state index contributed by atoms with van der Waals surface area (Å²) in [4.78, 5) is 40.9. The first-order valence-corrected chi connectivity index (χ1v) is 20.8. The van der Waals surface area contributed by atoms with Gasteiger partial charge >= 0.3 is 0 Å². The number of pyridine rings is 2. The maximum absolute atomic E-state index is 15.0. The minimum atomic E-state index is -1.37. The second-order valence-corrected chi connectivity index (χ2v) is 17.4. The number of rotatable bonds is 8. The number of amides is 2. The molecular formula is C45H60F2N8O2. The van der Waals surface area contributed by atoms with Crippen molar-refractivity contribution in [2.75, 3.05) is 69.2 Å². The number of aryl methyl sites for hydroxylation is 2. The Morgan fingerprint density at radius 1 is 0.702 bits per heavy atom. The van der Waals surface area contributed by atoms with Gasteiger partial charge in [0.25, 0.3) is 0 Å². The molecule has 0 bridgehead atoms. The summed E-state index contributed by atoms with van der Waals surface area (Å²) in [5, 5.41) is 11.7. The molecule has 8 rings (SSSR count). The Labute approximate surface area is 336 Å². The molecule has 0 radical (unpaired) electrons. The zero-order valence-electron chi connectivity index (χ0n) is 34.3. The lowest BCUT2D eigenvalue weighted by Gasteiger charge is -2.34. The number of halogens is 2. The Kier molecular flexibility index (Phi) is 12.3. The molecular weight excluding hydrogens is 723 g/mol. The third kappa shape index (κ3) is 9.49. The molecule has 0 saturated carbocycles. The van der Waals surface area contributed by atoms with Gasteiger partial charge in [0.05, 0.1) is 36.0 Å². The van der Waals surface area contributed by atoms with Crippen molar-refractivity contribution in [3.05, 3.63) is 72.1 Å². The number of likely N-dealkylation sites (tertiary alicyclic amines) is 1. The molecule has 0 aliphatic carbocycles. The Bertz CT molecular complexity index is 2050. The van der Waals surface area contributed by atoms with Gasteiger partial charge in [0.1, 0.15) is 11.3 Å². The van der Waals surface area contributed by atoms with Crippen LogP contribution in [0.15, 0.2) is 60.9 Å². The van der Waals surface area contributed by atoms with Crippen molar-refractivity contribution in [2.45, 2.75) is 89.6 Å². The lowest BCUT2D eigenvalue weighted by atomic mass is 9.89. The van der Waals surface area contributed by atoms with Gasteiger partial charge in [-0.3, -0.25) is 19.6 Å². The topological polar surface area (TPSA) is 106 Å². The molecule has 0 spiro atoms. The van der Waals surface area contributed by atoms with Crippen LogP contribution in [0.4, 0.5) is 20.2 Å². The monoisotopic (exact) mass is 782 g/mol. The van der Waals surface area contributed by atoms with E-state index in [-0.39, 0.29) is 36.7 Å². The summed E-state index contributed by atoms with van der Waals surface area (Å²) in [7, 11) is 2.00. The molecule has 10 nitrogen and oxygen atoms in total. The van der Waals surface area contributed by atoms with E-state index in [0.29, 0.717) is 63.7 Å². The van der Waals surface area contributed by atoms with Gasteiger partial charge in [-0.15, -0.1) is 0 Å². The summed E-state index contributed by atoms with van der Waals surface area (Å²) in [6.07, 6.45) is 5.28. The highest BCUT2D eigenvalue weighted by molar-refractivity contribution is 5.95. The fourth-order valence-electron chi connectivity index (χ4n) is 9.19. The molecule has 3 N–H and O–H groups in total. The van der Waals surface area contributed by atoms with Gasteiger partial charge in [-0.1, -0.05) is 26.0 Å². The molecule has 0 unspecified atom stereocenters. The molecule has 2 aromatic carbocycles. The number of nitrogens with zero attached hydrogens (tertiary/aromatic N) is 5. The van der Waals surface area contributed by atoms with Crippen LogP contribution in [0.25, 0.3) is 21.8 Å². The second kappa shape index (κ2) is 17.2. The Morgan fingerprint density at radius 2 is 1.14 bits per heavy atom. The molecule has 306 valence electrons. The average molecular weight is 783 g/mol. The van der Waals surface area contributed by atoms with E-state index in [1.54, 1.807) is 0 Å². The molecule has 4 fully saturated rings. The minimum absolute atomic E-state index is 0.0263. The number of carbonyl (C=O) groups excluding carboxylic acids is 2. The number of hydrogen-bond acceptors (Lipinski definition) is 8. The number of piperidine rings is 2. The van der Waals surface area contributed by atoms with Crippen molar-refractivity contribution in [1.82, 2.24) is 30.8 Å². The number of fused-ring (bicyclic) bond motifs is 2. The van der Waals surface area contributed by atoms with Crippen LogP contribution in [0.5, 0.6) is 0 Å². The van der Waals surface area contributed by atoms with E-state index in [0.717, 1.165) is 70.5 Å². The van der Waals surface area contributed by atoms with E-state index in [9.17, 15) is 14.0 Å². The molecule has 57 heavy (non-hydrogen) atoms. The van der Waals surface area contributed by atoms with Crippen LogP contribution in [0.3, 0.4) is 0 Å². The molecule has 4 aromatic rings. The van der Waals surface area contributed by atoms with Crippen molar-refractivity contribution in [1.29, 1.82) is 0 Å². The summed E-state index contributed by atoms with van der Waals surface area (Å²) >= 11 is 0. The van der Waals surface area contributed by atoms with E-state index < -0.39 is 11.3 Å². The van der Waals surface area contributed by atoms with Crippen LogP contribution in [0, 0.1) is 25.7 Å². The number of anilines is 2. The van der Waals surface area contributed by atoms with Gasteiger partial charge in [0.15, 0.2) is 0 Å². The molecule has 2 amide bonds. The van der Waals surface area contributed by atoms with Crippen LogP contribution in [-0.4, -0.2) is 110 Å². The number of aromatic nitrogens is 2. The van der Waals surface area contributed by atoms with E-state index in [4.69, 9.17) is 0 Å². The summed E-state index contributed by atoms with van der Waals surface area (Å²) in [5.41, 5.74) is 3.93. The van der Waals surface area contributed by atoms with E-state index in [1.807, 2.05) is 31.6 Å². The van der Waals surface area contributed by atoms with Crippen LogP contribution < -0.4 is 25.8 Å². The third-order valence-electron chi connectivity index (χ3n) is 12.8. The number of hydrogen-bond donors (Lipinski definition) is 3. The van der Waals surface area contributed by atoms with Crippen molar-refractivity contribution in [3.63, 3.8) is 0 Å². The molecule has 4 aliphatic heterocycles. The first-order valence-electron chi connectivity index (χ1n) is 20.8. The smallest absolute Gasteiger partial charge is 0.223 e. The largest absolute Gasteiger partial charge is 0.369 e. The first-order chi connectivity index (χ1) is 27.3. The van der Waals surface area contributed by atoms with Gasteiger partial charge in [-0.05, 0) is 119 Å². The molecule has 4 saturated heterocycles. The third-order valence-corrected chi connectivity index (χ3v) is 12.8. The summed E-state index contributed by atoms with van der Waals surface area (Å²) in [5.74, 6) is 0.283. The number of alkyl halides is 2. The van der Waals surface area contributed by atoms with Crippen LogP contribution in [0.1, 0.15) is 63.5 Å². The van der Waals surface area contributed by atoms with Gasteiger partial charge in [0, 0.05) is 73.8 Å². The predicted octanol–water partition coefficient (Wildman–Crippen LogP) is 6.27. The number of carbonyl (C=O) groups is 2. The molecule has 6 heterocycles. The normalized spacial score (nSPS) is 24.6. The molecule has 12 heteroatoms. The zero-order valence-corrected chi connectivity index (χ0v) is 34.3. The zero-order chi connectivity index (χ0) is 40.3. The molecule has 4 atom stereocenters. The van der Waals surface area contributed by atoms with E-state index in [2.05, 4.69) is 105 Å². The van der Waals surface area contributed by atoms with Crippen LogP contribution in [0.2, 0.25) is 0 Å². The highest BCUT2D eigenvalue weighted by atomic mass is 19.1. The van der Waals surface area contributed by atoms with Crippen molar-refractivity contribution in [3.8, 4) is 0 Å². The standard InChI is InChI=1S/C23H31FN4O.C22H29FN4O/c1-16-6-7-20(18-5-4-10-25-22(16)18)28-14-17(2)19(15-28)26-21(29)13-23(24)8-11-27(3)12-9-23;1-15-5-6-19(17-4-3-9-25-21(15)17)27-13-16(2)18(14-27)26-20(28)12-22(23)7-10-24-11-8-22/h4-7,10,17,19H,8-9,11-15H2,1-3H3,(H,26,29);3-6,9,16,18,24H,7-8,10-14H2,1-2H3,(H,26,28)/t17-,19+;16-,18+/m11/s1. The Hall–Kier alpha value is -4.42. The predicted molar refractivity (Wildman–Crippen MR) is 225 cm³/mol. The summed E-state index contributed by atoms with van der Waals surface area (Å²) in [6.45, 7) is 14.4. The van der Waals surface area contributed by atoms with Crippen molar-refractivity contribution >= 4 is 45.0 Å². The maximum atomic E-state index is 15.0. The SMILES string of the molecule is Cc1ccc(N2C[C@@H](C)[C@@H](NC(=O)CC3(F)CCN(C)CC3)C2)c2cccnc12.Cc1ccc(N2C[C@@H](C)[C@@H](NC(=O)CC3(F)CCNCC3)C2)c2cccnc12. The summed E-state index contributed by atoms with van der Waals surface area (Å²) in [6, 6.07) is 16.7. The molecule has 2 aromatic heterocycles. The van der Waals surface area contributed by atoms with Crippen LogP contribution >= 0.6 is 0 Å². The summed E-state index contributed by atoms with van der Waals surface area (Å²) < 4.78 is 29.8. The Morgan fingerprint density at radius 3 is 1.60 bits per heavy atom. The second-order valence-electron chi connectivity index (χ2n) is 17.4. The Balaban J connectivity index is 0.000000174. The highest BCUT2D eigenvalue weighted by Crippen LogP contribution is 2.35. The van der Waals surface area contributed by atoms with Gasteiger partial charge in [-0.2, -0.15) is 0 Å². The number of benzene rings is 2. The highest BCUT2D eigenvalue weighted by Gasteiger charge is 2.39. The molecule has 4 aliphatic rings. The maximum Gasteiger partial charge on any atom is 0.223 e. The number of nitrogens with one attached hydrogen (secondary N) is 3.